The molecule has 0 unspecified atom stereocenters. The molecular formula is C46H35ClN2O7. The molecule has 2 aliphatic carbocycles. The van der Waals surface area contributed by atoms with E-state index in [2.05, 4.69) is 0 Å². The van der Waals surface area contributed by atoms with E-state index in [9.17, 15) is 24.3 Å². The van der Waals surface area contributed by atoms with Crippen molar-refractivity contribution < 1.29 is 33.8 Å². The Morgan fingerprint density at radius 2 is 1.43 bits per heavy atom. The molecule has 0 bridgehead atoms. The molecule has 9 nitrogen and oxygen atoms in total. The molecule has 2 aliphatic heterocycles. The molecule has 5 aromatic carbocycles. The molecule has 0 radical (unpaired) electrons. The lowest BCUT2D eigenvalue weighted by atomic mass is 9.49. The number of rotatable bonds is 7. The minimum Gasteiger partial charge on any atom is -0.504 e. The number of hydrogen-bond donors (Lipinski definition) is 1. The monoisotopic (exact) mass is 762 g/mol. The van der Waals surface area contributed by atoms with E-state index < -0.39 is 52.7 Å². The zero-order valence-electron chi connectivity index (χ0n) is 30.2. The molecule has 1 N–H and O–H groups in total. The van der Waals surface area contributed by atoms with Crippen molar-refractivity contribution in [3.8, 4) is 11.5 Å². The summed E-state index contributed by atoms with van der Waals surface area (Å²) in [4.78, 5) is 74.9. The summed E-state index contributed by atoms with van der Waals surface area (Å²) in [6.45, 7) is 0. The SMILES string of the molecule is COc1ccc([C@H]2C3=CC[C@@H]4C(=O)N(c5ccc(C(=O)c6ccccc6)cc5)C(=O)[C@@H]4[C@@H]3C[C@H]3C(=O)N(c4cccc(Cl)c4)C(=O)[C@@]23c2ccccc2)cc1O. The molecule has 3 fully saturated rings. The predicted octanol–water partition coefficient (Wildman–Crippen LogP) is 7.65. The molecule has 2 heterocycles. The number of anilines is 2. The fourth-order valence-electron chi connectivity index (χ4n) is 9.78. The molecule has 5 aromatic rings. The fourth-order valence-corrected chi connectivity index (χ4v) is 9.96. The highest BCUT2D eigenvalue weighted by molar-refractivity contribution is 6.32. The Bertz CT molecular complexity index is 2480. The molecule has 9 rings (SSSR count). The van der Waals surface area contributed by atoms with Crippen LogP contribution in [-0.4, -0.2) is 41.6 Å². The Hall–Kier alpha value is -6.32. The zero-order valence-corrected chi connectivity index (χ0v) is 30.9. The number of imide groups is 2. The molecular weight excluding hydrogens is 728 g/mol. The molecule has 0 aromatic heterocycles. The van der Waals surface area contributed by atoms with E-state index in [1.54, 1.807) is 91.0 Å². The second-order valence-electron chi connectivity index (χ2n) is 14.8. The first kappa shape index (κ1) is 35.4. The Morgan fingerprint density at radius 1 is 0.732 bits per heavy atom. The van der Waals surface area contributed by atoms with E-state index in [1.807, 2.05) is 42.5 Å². The second kappa shape index (κ2) is 13.5. The highest BCUT2D eigenvalue weighted by Gasteiger charge is 2.70. The van der Waals surface area contributed by atoms with Gasteiger partial charge in [0.25, 0.3) is 0 Å². The lowest BCUT2D eigenvalue weighted by Gasteiger charge is -2.50. The van der Waals surface area contributed by atoms with Crippen LogP contribution in [0.25, 0.3) is 0 Å². The third-order valence-corrected chi connectivity index (χ3v) is 12.4. The van der Waals surface area contributed by atoms with E-state index in [0.29, 0.717) is 38.7 Å². The minimum absolute atomic E-state index is 0.125. The number of fused-ring (bicyclic) bond motifs is 4. The number of ether oxygens (including phenoxy) is 1. The van der Waals surface area contributed by atoms with E-state index in [1.165, 1.54) is 16.9 Å². The van der Waals surface area contributed by atoms with Crippen molar-refractivity contribution in [3.05, 3.63) is 166 Å². The number of carbonyl (C=O) groups is 5. The highest BCUT2D eigenvalue weighted by Crippen LogP contribution is 2.65. The second-order valence-corrected chi connectivity index (χ2v) is 15.2. The molecule has 4 aliphatic rings. The summed E-state index contributed by atoms with van der Waals surface area (Å²) in [7, 11) is 1.45. The first-order valence-electron chi connectivity index (χ1n) is 18.5. The summed E-state index contributed by atoms with van der Waals surface area (Å²) >= 11 is 6.41. The number of phenolic OH excluding ortho intramolecular Hbond substituents is 1. The molecule has 6 atom stereocenters. The minimum atomic E-state index is -1.48. The van der Waals surface area contributed by atoms with Crippen LogP contribution in [0.1, 0.15) is 45.8 Å². The van der Waals surface area contributed by atoms with Crippen LogP contribution in [0.3, 0.4) is 0 Å². The van der Waals surface area contributed by atoms with Gasteiger partial charge in [0.2, 0.25) is 23.6 Å². The number of aromatic hydroxyl groups is 1. The van der Waals surface area contributed by atoms with Crippen LogP contribution in [0.15, 0.2) is 139 Å². The lowest BCUT2D eigenvalue weighted by Crippen LogP contribution is -2.53. The van der Waals surface area contributed by atoms with Gasteiger partial charge in [-0.05, 0) is 84.5 Å². The van der Waals surface area contributed by atoms with Gasteiger partial charge in [0.1, 0.15) is 0 Å². The van der Waals surface area contributed by atoms with Crippen molar-refractivity contribution in [3.63, 3.8) is 0 Å². The summed E-state index contributed by atoms with van der Waals surface area (Å²) in [5.74, 6) is -5.59. The highest BCUT2D eigenvalue weighted by atomic mass is 35.5. The van der Waals surface area contributed by atoms with Crippen LogP contribution in [0, 0.1) is 23.7 Å². The number of methoxy groups -OCH3 is 1. The van der Waals surface area contributed by atoms with Crippen molar-refractivity contribution in [2.45, 2.75) is 24.2 Å². The molecule has 56 heavy (non-hydrogen) atoms. The van der Waals surface area contributed by atoms with Gasteiger partial charge in [-0.1, -0.05) is 96.0 Å². The van der Waals surface area contributed by atoms with Crippen LogP contribution >= 0.6 is 11.6 Å². The third kappa shape index (κ3) is 5.18. The van der Waals surface area contributed by atoms with Gasteiger partial charge < -0.3 is 9.84 Å². The van der Waals surface area contributed by atoms with Crippen LogP contribution < -0.4 is 14.5 Å². The lowest BCUT2D eigenvalue weighted by molar-refractivity contribution is -0.127. The summed E-state index contributed by atoms with van der Waals surface area (Å²) in [5.41, 5.74) is 2.09. The number of benzene rings is 5. The van der Waals surface area contributed by atoms with Crippen LogP contribution in [-0.2, 0) is 24.6 Å². The standard InChI is InChI=1S/C46H35ClN2O7/c1-56-38-22-17-28(23-37(38)50)40-33-20-21-34-39(44(54)48(42(34)52)31-18-15-27(16-19-31)41(51)26-9-4-2-5-10-26)35(33)25-36-43(53)49(32-14-8-13-30(47)24-32)45(55)46(36,40)29-11-6-3-7-12-29/h2-20,22-24,34-36,39-40,50H,21,25H2,1H3/t34-,35+,36-,39-,40-,46+/m0/s1. The van der Waals surface area contributed by atoms with Gasteiger partial charge in [0, 0.05) is 22.1 Å². The van der Waals surface area contributed by atoms with E-state index >= 15 is 4.79 Å². The molecule has 278 valence electrons. The maximum atomic E-state index is 15.4. The molecule has 1 saturated carbocycles. The van der Waals surface area contributed by atoms with Crippen molar-refractivity contribution in [1.29, 1.82) is 0 Å². The van der Waals surface area contributed by atoms with Crippen molar-refractivity contribution in [2.24, 2.45) is 23.7 Å². The fraction of sp³-hybridized carbons (Fsp3) is 0.196. The molecule has 0 spiro atoms. The molecule has 10 heteroatoms. The third-order valence-electron chi connectivity index (χ3n) is 12.1. The summed E-state index contributed by atoms with van der Waals surface area (Å²) < 4.78 is 5.38. The van der Waals surface area contributed by atoms with Gasteiger partial charge in [-0.15, -0.1) is 0 Å². The van der Waals surface area contributed by atoms with Gasteiger partial charge in [0.15, 0.2) is 17.3 Å². The summed E-state index contributed by atoms with van der Waals surface area (Å²) in [6, 6.07) is 36.1. The van der Waals surface area contributed by atoms with Gasteiger partial charge in [-0.25, -0.2) is 4.90 Å². The van der Waals surface area contributed by atoms with Crippen LogP contribution in [0.4, 0.5) is 11.4 Å². The Balaban J connectivity index is 1.17. The largest absolute Gasteiger partial charge is 0.504 e. The van der Waals surface area contributed by atoms with Gasteiger partial charge >= 0.3 is 0 Å². The maximum absolute atomic E-state index is 15.4. The number of hydrogen-bond acceptors (Lipinski definition) is 7. The first-order valence-corrected chi connectivity index (χ1v) is 18.9. The van der Waals surface area contributed by atoms with Crippen molar-refractivity contribution >= 4 is 52.4 Å². The number of allylic oxidation sites excluding steroid dienone is 2. The maximum Gasteiger partial charge on any atom is 0.246 e. The van der Waals surface area contributed by atoms with Crippen LogP contribution in [0.2, 0.25) is 5.02 Å². The Morgan fingerprint density at radius 3 is 2.11 bits per heavy atom. The van der Waals surface area contributed by atoms with Gasteiger partial charge in [0.05, 0.1) is 41.7 Å². The molecule has 2 saturated heterocycles. The number of amides is 4. The zero-order chi connectivity index (χ0) is 38.9. The normalized spacial score (nSPS) is 25.4. The number of nitrogens with zero attached hydrogens (tertiary/aromatic N) is 2. The predicted molar refractivity (Wildman–Crippen MR) is 210 cm³/mol. The van der Waals surface area contributed by atoms with E-state index in [4.69, 9.17) is 16.3 Å². The average Bonchev–Trinajstić information content (AvgIpc) is 3.61. The first-order chi connectivity index (χ1) is 27.1. The van der Waals surface area contributed by atoms with Crippen molar-refractivity contribution in [2.75, 3.05) is 16.9 Å². The number of phenols is 1. The smallest absolute Gasteiger partial charge is 0.246 e. The van der Waals surface area contributed by atoms with Crippen molar-refractivity contribution in [1.82, 2.24) is 0 Å². The van der Waals surface area contributed by atoms with E-state index in [0.717, 1.165) is 5.57 Å². The van der Waals surface area contributed by atoms with E-state index in [-0.39, 0.29) is 36.0 Å². The quantitative estimate of drug-likeness (QED) is 0.103. The summed E-state index contributed by atoms with van der Waals surface area (Å²) in [6.07, 6.45) is 2.32. The van der Waals surface area contributed by atoms with Gasteiger partial charge in [-0.2, -0.15) is 0 Å². The van der Waals surface area contributed by atoms with Crippen LogP contribution in [0.5, 0.6) is 11.5 Å². The number of carbonyl (C=O) groups excluding carboxylic acids is 5. The Kier molecular flexibility index (Phi) is 8.50. The topological polar surface area (TPSA) is 121 Å². The number of halogens is 1. The molecule has 4 amide bonds. The Labute approximate surface area is 327 Å². The number of ketones is 1. The summed E-state index contributed by atoms with van der Waals surface area (Å²) in [5, 5.41) is 11.5. The van der Waals surface area contributed by atoms with Gasteiger partial charge in [-0.3, -0.25) is 28.9 Å². The average molecular weight is 763 g/mol.